The molecule has 2 unspecified atom stereocenters. The first kappa shape index (κ1) is 11.2. The van der Waals surface area contributed by atoms with Gasteiger partial charge in [0.25, 0.3) is 0 Å². The third-order valence-electron chi connectivity index (χ3n) is 4.23. The molecule has 0 bridgehead atoms. The summed E-state index contributed by atoms with van der Waals surface area (Å²) in [4.78, 5) is 7.19. The zero-order valence-electron chi connectivity index (χ0n) is 10.6. The molecule has 3 heterocycles. The van der Waals surface area contributed by atoms with Crippen molar-refractivity contribution < 1.29 is 0 Å². The molecular formula is C13H22N4. The van der Waals surface area contributed by atoms with Gasteiger partial charge in [-0.3, -0.25) is 4.90 Å². The minimum absolute atomic E-state index is 0.149. The van der Waals surface area contributed by atoms with Crippen molar-refractivity contribution in [1.82, 2.24) is 14.5 Å². The summed E-state index contributed by atoms with van der Waals surface area (Å²) in [6, 6.07) is 0.498. The standard InChI is InChI=1S/C13H22N4/c1-2-16-8-4-6-11(16)13-15-9-10-5-3-7-12(14)17(10)13/h9,11-12H,2-8,14H2,1H3. The number of aryl methyl sites for hydroxylation is 1. The predicted octanol–water partition coefficient (Wildman–Crippen LogP) is 1.83. The zero-order valence-corrected chi connectivity index (χ0v) is 10.6. The van der Waals surface area contributed by atoms with E-state index in [9.17, 15) is 0 Å². The Kier molecular flexibility index (Phi) is 2.92. The van der Waals surface area contributed by atoms with Crippen LogP contribution in [0.5, 0.6) is 0 Å². The van der Waals surface area contributed by atoms with Crippen LogP contribution in [0.2, 0.25) is 0 Å². The lowest BCUT2D eigenvalue weighted by Gasteiger charge is -2.28. The second-order valence-electron chi connectivity index (χ2n) is 5.22. The lowest BCUT2D eigenvalue weighted by atomic mass is 10.1. The fourth-order valence-corrected chi connectivity index (χ4v) is 3.35. The molecule has 1 saturated heterocycles. The molecule has 0 amide bonds. The molecule has 2 aliphatic heterocycles. The highest BCUT2D eigenvalue weighted by atomic mass is 15.3. The van der Waals surface area contributed by atoms with Crippen molar-refractivity contribution in [2.75, 3.05) is 13.1 Å². The van der Waals surface area contributed by atoms with Gasteiger partial charge in [-0.15, -0.1) is 0 Å². The molecule has 2 aliphatic rings. The fraction of sp³-hybridized carbons (Fsp3) is 0.769. The largest absolute Gasteiger partial charge is 0.315 e. The number of nitrogens with two attached hydrogens (primary N) is 1. The number of imidazole rings is 1. The molecule has 2 N–H and O–H groups in total. The topological polar surface area (TPSA) is 47.1 Å². The molecular weight excluding hydrogens is 212 g/mol. The zero-order chi connectivity index (χ0) is 11.8. The van der Waals surface area contributed by atoms with E-state index in [1.165, 1.54) is 37.3 Å². The second-order valence-corrected chi connectivity index (χ2v) is 5.22. The second kappa shape index (κ2) is 4.42. The third kappa shape index (κ3) is 1.79. The molecule has 94 valence electrons. The highest BCUT2D eigenvalue weighted by Crippen LogP contribution is 2.34. The normalized spacial score (nSPS) is 29.5. The first-order valence-electron chi connectivity index (χ1n) is 6.87. The van der Waals surface area contributed by atoms with Gasteiger partial charge in [0.15, 0.2) is 0 Å². The van der Waals surface area contributed by atoms with Crippen molar-refractivity contribution in [2.45, 2.75) is 51.2 Å². The number of likely N-dealkylation sites (tertiary alicyclic amines) is 1. The molecule has 4 heteroatoms. The molecule has 0 aromatic carbocycles. The first-order chi connectivity index (χ1) is 8.31. The maximum Gasteiger partial charge on any atom is 0.127 e. The van der Waals surface area contributed by atoms with E-state index in [1.807, 2.05) is 6.20 Å². The number of hydrogen-bond acceptors (Lipinski definition) is 3. The van der Waals surface area contributed by atoms with E-state index in [0.717, 1.165) is 19.4 Å². The van der Waals surface area contributed by atoms with Gasteiger partial charge in [0.2, 0.25) is 0 Å². The minimum Gasteiger partial charge on any atom is -0.315 e. The molecule has 4 nitrogen and oxygen atoms in total. The van der Waals surface area contributed by atoms with Crippen LogP contribution < -0.4 is 5.73 Å². The fourth-order valence-electron chi connectivity index (χ4n) is 3.35. The number of aromatic nitrogens is 2. The van der Waals surface area contributed by atoms with Gasteiger partial charge in [-0.1, -0.05) is 6.92 Å². The van der Waals surface area contributed by atoms with E-state index in [2.05, 4.69) is 21.4 Å². The number of fused-ring (bicyclic) bond motifs is 1. The maximum atomic E-state index is 6.25. The van der Waals surface area contributed by atoms with Crippen molar-refractivity contribution in [3.05, 3.63) is 17.7 Å². The van der Waals surface area contributed by atoms with Gasteiger partial charge in [0.1, 0.15) is 5.82 Å². The summed E-state index contributed by atoms with van der Waals surface area (Å²) in [5.74, 6) is 1.21. The van der Waals surface area contributed by atoms with E-state index in [1.54, 1.807) is 0 Å². The van der Waals surface area contributed by atoms with Gasteiger partial charge < -0.3 is 10.3 Å². The van der Waals surface area contributed by atoms with E-state index in [-0.39, 0.29) is 6.17 Å². The summed E-state index contributed by atoms with van der Waals surface area (Å²) in [6.45, 7) is 4.55. The quantitative estimate of drug-likeness (QED) is 0.849. The van der Waals surface area contributed by atoms with Crippen LogP contribution in [0, 0.1) is 0 Å². The lowest BCUT2D eigenvalue weighted by molar-refractivity contribution is 0.247. The molecule has 0 radical (unpaired) electrons. The van der Waals surface area contributed by atoms with Crippen LogP contribution >= 0.6 is 0 Å². The van der Waals surface area contributed by atoms with Crippen molar-refractivity contribution >= 4 is 0 Å². The average molecular weight is 234 g/mol. The van der Waals surface area contributed by atoms with Gasteiger partial charge in [-0.25, -0.2) is 4.98 Å². The Bertz CT molecular complexity index is 398. The van der Waals surface area contributed by atoms with Crippen LogP contribution in [-0.4, -0.2) is 27.5 Å². The van der Waals surface area contributed by atoms with Crippen LogP contribution in [0.1, 0.15) is 56.3 Å². The third-order valence-corrected chi connectivity index (χ3v) is 4.23. The molecule has 17 heavy (non-hydrogen) atoms. The van der Waals surface area contributed by atoms with Crippen molar-refractivity contribution in [1.29, 1.82) is 0 Å². The monoisotopic (exact) mass is 234 g/mol. The molecule has 1 aromatic rings. The van der Waals surface area contributed by atoms with E-state index in [4.69, 9.17) is 5.73 Å². The van der Waals surface area contributed by atoms with Crippen molar-refractivity contribution in [3.63, 3.8) is 0 Å². The van der Waals surface area contributed by atoms with Crippen LogP contribution in [-0.2, 0) is 6.42 Å². The first-order valence-corrected chi connectivity index (χ1v) is 6.87. The summed E-state index contributed by atoms with van der Waals surface area (Å²) >= 11 is 0. The van der Waals surface area contributed by atoms with E-state index < -0.39 is 0 Å². The molecule has 3 rings (SSSR count). The summed E-state index contributed by atoms with van der Waals surface area (Å²) in [6.07, 6.45) is 8.15. The molecule has 1 aromatic heterocycles. The van der Waals surface area contributed by atoms with Crippen LogP contribution in [0.4, 0.5) is 0 Å². The highest BCUT2D eigenvalue weighted by Gasteiger charge is 2.31. The molecule has 0 spiro atoms. The lowest BCUT2D eigenvalue weighted by Crippen LogP contribution is -2.31. The van der Waals surface area contributed by atoms with E-state index >= 15 is 0 Å². The Labute approximate surface area is 103 Å². The number of rotatable bonds is 2. The Morgan fingerprint density at radius 2 is 2.29 bits per heavy atom. The summed E-state index contributed by atoms with van der Waals surface area (Å²) < 4.78 is 2.31. The van der Waals surface area contributed by atoms with Crippen molar-refractivity contribution in [2.24, 2.45) is 5.73 Å². The Balaban J connectivity index is 1.95. The van der Waals surface area contributed by atoms with Gasteiger partial charge in [-0.2, -0.15) is 0 Å². The van der Waals surface area contributed by atoms with Crippen LogP contribution in [0.15, 0.2) is 6.20 Å². The van der Waals surface area contributed by atoms with Crippen molar-refractivity contribution in [3.8, 4) is 0 Å². The van der Waals surface area contributed by atoms with Crippen LogP contribution in [0.3, 0.4) is 0 Å². The Hall–Kier alpha value is -0.870. The van der Waals surface area contributed by atoms with Crippen LogP contribution in [0.25, 0.3) is 0 Å². The minimum atomic E-state index is 0.149. The van der Waals surface area contributed by atoms with Gasteiger partial charge in [0, 0.05) is 11.9 Å². The van der Waals surface area contributed by atoms with E-state index in [0.29, 0.717) is 6.04 Å². The SMILES string of the molecule is CCN1CCCC1c1ncc2n1C(N)CCC2. The average Bonchev–Trinajstić information content (AvgIpc) is 2.94. The van der Waals surface area contributed by atoms with Gasteiger partial charge in [0.05, 0.1) is 12.2 Å². The Morgan fingerprint density at radius 1 is 1.41 bits per heavy atom. The summed E-state index contributed by atoms with van der Waals surface area (Å²) in [5, 5.41) is 0. The summed E-state index contributed by atoms with van der Waals surface area (Å²) in [7, 11) is 0. The smallest absolute Gasteiger partial charge is 0.127 e. The molecule has 0 aliphatic carbocycles. The molecule has 2 atom stereocenters. The number of hydrogen-bond donors (Lipinski definition) is 1. The Morgan fingerprint density at radius 3 is 3.12 bits per heavy atom. The highest BCUT2D eigenvalue weighted by molar-refractivity contribution is 5.13. The number of nitrogens with zero attached hydrogens (tertiary/aromatic N) is 3. The molecule has 0 saturated carbocycles. The maximum absolute atomic E-state index is 6.25. The van der Waals surface area contributed by atoms with Gasteiger partial charge in [-0.05, 0) is 45.2 Å². The molecule has 1 fully saturated rings. The van der Waals surface area contributed by atoms with Gasteiger partial charge >= 0.3 is 0 Å². The summed E-state index contributed by atoms with van der Waals surface area (Å²) in [5.41, 5.74) is 7.59. The predicted molar refractivity (Wildman–Crippen MR) is 67.6 cm³/mol.